The molecule has 1 fully saturated rings. The van der Waals surface area contributed by atoms with Crippen LogP contribution in [0.25, 0.3) is 0 Å². The molecule has 0 saturated heterocycles. The van der Waals surface area contributed by atoms with Gasteiger partial charge >= 0.3 is 0 Å². The Hall–Kier alpha value is -0.550. The van der Waals surface area contributed by atoms with Gasteiger partial charge in [-0.15, -0.1) is 0 Å². The molecule has 0 aromatic rings. The molecule has 1 aliphatic rings. The normalized spacial score (nSPS) is 29.2. The number of nitriles is 1. The minimum Gasteiger partial charge on any atom is -0.310 e. The molecule has 1 saturated carbocycles. The van der Waals surface area contributed by atoms with Crippen LogP contribution in [-0.4, -0.2) is 12.1 Å². The monoisotopic (exact) mass is 222 g/mol. The zero-order chi connectivity index (χ0) is 12.2. The number of hydrogen-bond donors (Lipinski definition) is 1. The first-order valence-corrected chi connectivity index (χ1v) is 6.61. The van der Waals surface area contributed by atoms with Crippen LogP contribution in [0, 0.1) is 22.7 Å². The first-order valence-electron chi connectivity index (χ1n) is 6.61. The van der Waals surface area contributed by atoms with Gasteiger partial charge in [-0.2, -0.15) is 5.26 Å². The highest BCUT2D eigenvalue weighted by Crippen LogP contribution is 2.26. The van der Waals surface area contributed by atoms with Crippen LogP contribution >= 0.6 is 0 Å². The van der Waals surface area contributed by atoms with Crippen LogP contribution in [0.3, 0.4) is 0 Å². The van der Waals surface area contributed by atoms with Crippen molar-refractivity contribution in [1.82, 2.24) is 5.32 Å². The van der Waals surface area contributed by atoms with E-state index in [9.17, 15) is 5.26 Å². The molecule has 0 radical (unpaired) electrons. The molecule has 1 rings (SSSR count). The van der Waals surface area contributed by atoms with Crippen molar-refractivity contribution in [1.29, 1.82) is 5.26 Å². The molecule has 2 heteroatoms. The lowest BCUT2D eigenvalue weighted by Crippen LogP contribution is -2.46. The van der Waals surface area contributed by atoms with Crippen LogP contribution in [0.1, 0.15) is 59.8 Å². The highest BCUT2D eigenvalue weighted by atomic mass is 15.0. The Balaban J connectivity index is 2.59. The molecule has 0 spiro atoms. The number of rotatable bonds is 2. The minimum absolute atomic E-state index is 0.215. The summed E-state index contributed by atoms with van der Waals surface area (Å²) in [6, 6.07) is 3.36. The lowest BCUT2D eigenvalue weighted by atomic mass is 9.86. The molecular weight excluding hydrogens is 196 g/mol. The third-order valence-corrected chi connectivity index (χ3v) is 3.94. The van der Waals surface area contributed by atoms with Gasteiger partial charge in [0, 0.05) is 12.1 Å². The SMILES string of the molecule is CC(NC1CCCCCC1C#N)C(C)(C)C. The number of nitrogens with zero attached hydrogens (tertiary/aromatic N) is 1. The Morgan fingerprint density at radius 1 is 1.19 bits per heavy atom. The molecule has 1 N–H and O–H groups in total. The van der Waals surface area contributed by atoms with Gasteiger partial charge in [0.2, 0.25) is 0 Å². The molecular formula is C14H26N2. The summed E-state index contributed by atoms with van der Waals surface area (Å²) in [6.45, 7) is 8.99. The smallest absolute Gasteiger partial charge is 0.0672 e. The zero-order valence-corrected chi connectivity index (χ0v) is 11.2. The first kappa shape index (κ1) is 13.5. The molecule has 0 aliphatic heterocycles. The minimum atomic E-state index is 0.215. The van der Waals surface area contributed by atoms with Gasteiger partial charge in [0.15, 0.2) is 0 Å². The summed E-state index contributed by atoms with van der Waals surface area (Å²) in [4.78, 5) is 0. The lowest BCUT2D eigenvalue weighted by molar-refractivity contribution is 0.239. The topological polar surface area (TPSA) is 35.8 Å². The maximum Gasteiger partial charge on any atom is 0.0672 e. The van der Waals surface area contributed by atoms with Gasteiger partial charge in [0.1, 0.15) is 0 Å². The van der Waals surface area contributed by atoms with Gasteiger partial charge in [-0.05, 0) is 25.2 Å². The van der Waals surface area contributed by atoms with E-state index in [4.69, 9.17) is 0 Å². The van der Waals surface area contributed by atoms with Gasteiger partial charge in [0.05, 0.1) is 12.0 Å². The Morgan fingerprint density at radius 3 is 2.38 bits per heavy atom. The van der Waals surface area contributed by atoms with E-state index in [1.54, 1.807) is 0 Å². The van der Waals surface area contributed by atoms with Crippen molar-refractivity contribution in [2.75, 3.05) is 0 Å². The Labute approximate surface area is 100 Å². The maximum absolute atomic E-state index is 9.21. The quantitative estimate of drug-likeness (QED) is 0.726. The van der Waals surface area contributed by atoms with Gasteiger partial charge in [-0.25, -0.2) is 0 Å². The fourth-order valence-electron chi connectivity index (χ4n) is 2.23. The molecule has 1 aliphatic carbocycles. The second-order valence-electron chi connectivity index (χ2n) is 6.23. The van der Waals surface area contributed by atoms with Gasteiger partial charge in [-0.1, -0.05) is 40.0 Å². The van der Waals surface area contributed by atoms with Crippen molar-refractivity contribution in [3.63, 3.8) is 0 Å². The van der Waals surface area contributed by atoms with Crippen LogP contribution in [0.15, 0.2) is 0 Å². The summed E-state index contributed by atoms with van der Waals surface area (Å²) in [5.74, 6) is 0.215. The zero-order valence-electron chi connectivity index (χ0n) is 11.2. The van der Waals surface area contributed by atoms with E-state index >= 15 is 0 Å². The highest BCUT2D eigenvalue weighted by Gasteiger charge is 2.28. The van der Waals surface area contributed by atoms with Crippen LogP contribution < -0.4 is 5.32 Å². The lowest BCUT2D eigenvalue weighted by Gasteiger charge is -2.33. The fraction of sp³-hybridized carbons (Fsp3) is 0.929. The first-order chi connectivity index (χ1) is 7.45. The van der Waals surface area contributed by atoms with Crippen LogP contribution in [0.2, 0.25) is 0 Å². The molecule has 0 amide bonds. The highest BCUT2D eigenvalue weighted by molar-refractivity contribution is 4.95. The summed E-state index contributed by atoms with van der Waals surface area (Å²) in [5.41, 5.74) is 0.270. The van der Waals surface area contributed by atoms with E-state index in [2.05, 4.69) is 39.1 Å². The second-order valence-corrected chi connectivity index (χ2v) is 6.23. The van der Waals surface area contributed by atoms with Crippen molar-refractivity contribution in [2.45, 2.75) is 71.9 Å². The van der Waals surface area contributed by atoms with Gasteiger partial charge in [0.25, 0.3) is 0 Å². The summed E-state index contributed by atoms with van der Waals surface area (Å²) in [7, 11) is 0. The van der Waals surface area contributed by atoms with E-state index < -0.39 is 0 Å². The molecule has 2 nitrogen and oxygen atoms in total. The standard InChI is InChI=1S/C14H26N2/c1-11(14(2,3)4)16-13-9-7-5-6-8-12(13)10-15/h11-13,16H,5-9H2,1-4H3. The second kappa shape index (κ2) is 5.68. The van der Waals surface area contributed by atoms with Crippen molar-refractivity contribution in [3.8, 4) is 6.07 Å². The number of hydrogen-bond acceptors (Lipinski definition) is 2. The van der Waals surface area contributed by atoms with Crippen LogP contribution in [0.5, 0.6) is 0 Å². The molecule has 0 heterocycles. The largest absolute Gasteiger partial charge is 0.310 e. The predicted molar refractivity (Wildman–Crippen MR) is 68.0 cm³/mol. The van der Waals surface area contributed by atoms with Crippen molar-refractivity contribution >= 4 is 0 Å². The molecule has 92 valence electrons. The molecule has 16 heavy (non-hydrogen) atoms. The summed E-state index contributed by atoms with van der Waals surface area (Å²) in [5, 5.41) is 12.9. The summed E-state index contributed by atoms with van der Waals surface area (Å²) >= 11 is 0. The van der Waals surface area contributed by atoms with E-state index in [0.717, 1.165) is 6.42 Å². The number of nitrogens with one attached hydrogen (secondary N) is 1. The molecule has 0 aromatic heterocycles. The maximum atomic E-state index is 9.21. The van der Waals surface area contributed by atoms with Crippen molar-refractivity contribution < 1.29 is 0 Å². The average Bonchev–Trinajstić information content (AvgIpc) is 2.41. The van der Waals surface area contributed by atoms with Crippen molar-refractivity contribution in [2.24, 2.45) is 11.3 Å². The van der Waals surface area contributed by atoms with Crippen LogP contribution in [-0.2, 0) is 0 Å². The Morgan fingerprint density at radius 2 is 1.81 bits per heavy atom. The third-order valence-electron chi connectivity index (χ3n) is 3.94. The average molecular weight is 222 g/mol. The van der Waals surface area contributed by atoms with E-state index in [-0.39, 0.29) is 11.3 Å². The summed E-state index contributed by atoms with van der Waals surface area (Å²) in [6.07, 6.45) is 6.02. The van der Waals surface area contributed by atoms with Crippen molar-refractivity contribution in [3.05, 3.63) is 0 Å². The predicted octanol–water partition coefficient (Wildman–Crippen LogP) is 3.48. The van der Waals surface area contributed by atoms with E-state index in [1.807, 2.05) is 0 Å². The van der Waals surface area contributed by atoms with Crippen LogP contribution in [0.4, 0.5) is 0 Å². The molecule has 3 atom stereocenters. The van der Waals surface area contributed by atoms with E-state index in [0.29, 0.717) is 12.1 Å². The molecule has 3 unspecified atom stereocenters. The third kappa shape index (κ3) is 3.79. The Bertz CT molecular complexity index is 246. The Kier molecular flexibility index (Phi) is 4.80. The van der Waals surface area contributed by atoms with E-state index in [1.165, 1.54) is 25.7 Å². The fourth-order valence-corrected chi connectivity index (χ4v) is 2.23. The van der Waals surface area contributed by atoms with Gasteiger partial charge < -0.3 is 5.32 Å². The molecule has 0 aromatic carbocycles. The van der Waals surface area contributed by atoms with Gasteiger partial charge in [-0.3, -0.25) is 0 Å². The summed E-state index contributed by atoms with van der Waals surface area (Å²) < 4.78 is 0. The molecule has 0 bridgehead atoms.